The molecule has 0 spiro atoms. The maximum absolute atomic E-state index is 6.12. The first kappa shape index (κ1) is 16.2. The van der Waals surface area contributed by atoms with Crippen LogP contribution in [0.1, 0.15) is 30.6 Å². The Hall–Kier alpha value is -2.26. The largest absolute Gasteiger partial charge is 0.496 e. The molecule has 1 aromatic heterocycles. The number of hydrogen-bond acceptors (Lipinski definition) is 2. The van der Waals surface area contributed by atoms with Crippen LogP contribution in [-0.2, 0) is 6.54 Å². The van der Waals surface area contributed by atoms with Crippen LogP contribution in [0.25, 0.3) is 22.1 Å². The van der Waals surface area contributed by atoms with E-state index < -0.39 is 0 Å². The molecule has 3 nitrogen and oxygen atoms in total. The monoisotopic (exact) mass is 336 g/mol. The van der Waals surface area contributed by atoms with Crippen molar-refractivity contribution >= 4 is 11.0 Å². The number of benzene rings is 2. The predicted molar refractivity (Wildman–Crippen MR) is 101 cm³/mol. The first-order chi connectivity index (χ1) is 12.3. The molecule has 3 aromatic rings. The average molecular weight is 336 g/mol. The quantitative estimate of drug-likeness (QED) is 0.780. The standard InChI is InChI=1S/C22H25NO2/c1-16-22(17-9-5-3-6-10-17)19-14-20(24-2)18(13-21(19)25-16)15-23-11-7-4-8-12-23/h3,5-6,9-10,13-14H,4,7-8,11-12,15H2,1-2H3/p+1. The third-order valence-corrected chi connectivity index (χ3v) is 5.33. The van der Waals surface area contributed by atoms with E-state index in [9.17, 15) is 0 Å². The second-order valence-corrected chi connectivity index (χ2v) is 7.05. The van der Waals surface area contributed by atoms with Gasteiger partial charge in [-0.05, 0) is 43.9 Å². The molecule has 0 atom stereocenters. The lowest BCUT2D eigenvalue weighted by Gasteiger charge is -2.24. The van der Waals surface area contributed by atoms with E-state index in [0.717, 1.165) is 29.0 Å². The summed E-state index contributed by atoms with van der Waals surface area (Å²) in [6.07, 6.45) is 4.04. The lowest BCUT2D eigenvalue weighted by molar-refractivity contribution is -0.918. The van der Waals surface area contributed by atoms with Crippen molar-refractivity contribution in [3.8, 4) is 16.9 Å². The zero-order valence-corrected chi connectivity index (χ0v) is 15.1. The van der Waals surface area contributed by atoms with Crippen LogP contribution in [0.3, 0.4) is 0 Å². The van der Waals surface area contributed by atoms with E-state index in [0.29, 0.717) is 0 Å². The fraction of sp³-hybridized carbons (Fsp3) is 0.364. The Morgan fingerprint density at radius 3 is 2.52 bits per heavy atom. The Bertz CT molecular complexity index is 861. The van der Waals surface area contributed by atoms with Crippen molar-refractivity contribution in [1.82, 2.24) is 0 Å². The molecule has 2 heterocycles. The Morgan fingerprint density at radius 1 is 1.04 bits per heavy atom. The zero-order valence-electron chi connectivity index (χ0n) is 15.1. The molecule has 0 bridgehead atoms. The molecule has 0 radical (unpaired) electrons. The number of fused-ring (bicyclic) bond motifs is 1. The van der Waals surface area contributed by atoms with Gasteiger partial charge in [0, 0.05) is 10.9 Å². The maximum atomic E-state index is 6.12. The van der Waals surface area contributed by atoms with Crippen LogP contribution in [0.5, 0.6) is 5.75 Å². The molecule has 1 saturated heterocycles. The number of aryl methyl sites for hydroxylation is 1. The number of piperidine rings is 1. The minimum atomic E-state index is 0.962. The van der Waals surface area contributed by atoms with Gasteiger partial charge < -0.3 is 14.1 Å². The molecule has 0 saturated carbocycles. The number of likely N-dealkylation sites (tertiary alicyclic amines) is 1. The first-order valence-corrected chi connectivity index (χ1v) is 9.25. The van der Waals surface area contributed by atoms with Crippen molar-refractivity contribution in [1.29, 1.82) is 0 Å². The Labute approximate surface area is 149 Å². The summed E-state index contributed by atoms with van der Waals surface area (Å²) >= 11 is 0. The van der Waals surface area contributed by atoms with E-state index in [1.807, 2.05) is 13.0 Å². The summed E-state index contributed by atoms with van der Waals surface area (Å²) < 4.78 is 11.9. The molecule has 2 aromatic carbocycles. The van der Waals surface area contributed by atoms with E-state index >= 15 is 0 Å². The molecular weight excluding hydrogens is 310 g/mol. The molecule has 25 heavy (non-hydrogen) atoms. The Balaban J connectivity index is 1.77. The zero-order chi connectivity index (χ0) is 17.2. The second kappa shape index (κ2) is 6.93. The minimum Gasteiger partial charge on any atom is -0.496 e. The first-order valence-electron chi connectivity index (χ1n) is 9.25. The van der Waals surface area contributed by atoms with Crippen LogP contribution >= 0.6 is 0 Å². The molecule has 130 valence electrons. The Kier molecular flexibility index (Phi) is 4.50. The fourth-order valence-corrected chi connectivity index (χ4v) is 4.08. The highest BCUT2D eigenvalue weighted by Crippen LogP contribution is 2.37. The summed E-state index contributed by atoms with van der Waals surface area (Å²) in [6.45, 7) is 5.57. The third-order valence-electron chi connectivity index (χ3n) is 5.33. The minimum absolute atomic E-state index is 0.962. The van der Waals surface area contributed by atoms with Crippen molar-refractivity contribution in [3.05, 3.63) is 53.8 Å². The number of hydrogen-bond donors (Lipinski definition) is 1. The van der Waals surface area contributed by atoms with Gasteiger partial charge in [0.15, 0.2) is 0 Å². The maximum Gasteiger partial charge on any atom is 0.135 e. The number of quaternary nitrogens is 1. The van der Waals surface area contributed by atoms with Crippen LogP contribution in [0.2, 0.25) is 0 Å². The molecule has 0 aliphatic carbocycles. The highest BCUT2D eigenvalue weighted by Gasteiger charge is 2.20. The molecule has 4 rings (SSSR count). The van der Waals surface area contributed by atoms with Gasteiger partial charge >= 0.3 is 0 Å². The molecule has 3 heteroatoms. The van der Waals surface area contributed by atoms with Gasteiger partial charge in [0.25, 0.3) is 0 Å². The van der Waals surface area contributed by atoms with Gasteiger partial charge in [-0.15, -0.1) is 0 Å². The van der Waals surface area contributed by atoms with E-state index in [1.165, 1.54) is 49.0 Å². The van der Waals surface area contributed by atoms with E-state index in [1.54, 1.807) is 12.0 Å². The van der Waals surface area contributed by atoms with E-state index in [4.69, 9.17) is 9.15 Å². The SMILES string of the molecule is COc1cc2c(-c3ccccc3)c(C)oc2cc1C[NH+]1CCCCC1. The molecular formula is C22H26NO2+. The summed E-state index contributed by atoms with van der Waals surface area (Å²) in [5.41, 5.74) is 4.57. The van der Waals surface area contributed by atoms with Gasteiger partial charge in [-0.1, -0.05) is 30.3 Å². The van der Waals surface area contributed by atoms with Crippen LogP contribution in [0, 0.1) is 6.92 Å². The van der Waals surface area contributed by atoms with Gasteiger partial charge in [0.05, 0.1) is 25.8 Å². The molecule has 1 fully saturated rings. The molecule has 0 unspecified atom stereocenters. The smallest absolute Gasteiger partial charge is 0.135 e. The van der Waals surface area contributed by atoms with Crippen molar-refractivity contribution in [3.63, 3.8) is 0 Å². The molecule has 0 amide bonds. The summed E-state index contributed by atoms with van der Waals surface area (Å²) in [5, 5.41) is 1.14. The second-order valence-electron chi connectivity index (χ2n) is 7.05. The van der Waals surface area contributed by atoms with E-state index in [2.05, 4.69) is 36.4 Å². The van der Waals surface area contributed by atoms with E-state index in [-0.39, 0.29) is 0 Å². The highest BCUT2D eigenvalue weighted by atomic mass is 16.5. The van der Waals surface area contributed by atoms with Crippen LogP contribution in [-0.4, -0.2) is 20.2 Å². The van der Waals surface area contributed by atoms with Crippen LogP contribution in [0.4, 0.5) is 0 Å². The van der Waals surface area contributed by atoms with Crippen LogP contribution < -0.4 is 9.64 Å². The lowest BCUT2D eigenvalue weighted by Crippen LogP contribution is -3.11. The number of furan rings is 1. The number of nitrogens with one attached hydrogen (secondary N) is 1. The lowest BCUT2D eigenvalue weighted by atomic mass is 10.0. The number of ether oxygens (including phenoxy) is 1. The van der Waals surface area contributed by atoms with Crippen molar-refractivity contribution in [2.24, 2.45) is 0 Å². The van der Waals surface area contributed by atoms with Gasteiger partial charge in [-0.2, -0.15) is 0 Å². The molecule has 1 N–H and O–H groups in total. The Morgan fingerprint density at radius 2 is 1.80 bits per heavy atom. The topological polar surface area (TPSA) is 26.8 Å². The number of rotatable bonds is 4. The summed E-state index contributed by atoms with van der Waals surface area (Å²) in [6, 6.07) is 14.8. The predicted octanol–water partition coefficient (Wildman–Crippen LogP) is 3.99. The van der Waals surface area contributed by atoms with Gasteiger partial charge in [0.2, 0.25) is 0 Å². The van der Waals surface area contributed by atoms with Gasteiger partial charge in [-0.3, -0.25) is 0 Å². The van der Waals surface area contributed by atoms with Gasteiger partial charge in [0.1, 0.15) is 23.6 Å². The summed E-state index contributed by atoms with van der Waals surface area (Å²) in [5.74, 6) is 1.94. The van der Waals surface area contributed by atoms with Crippen molar-refractivity contribution in [2.75, 3.05) is 20.2 Å². The highest BCUT2D eigenvalue weighted by molar-refractivity contribution is 5.97. The summed E-state index contributed by atoms with van der Waals surface area (Å²) in [4.78, 5) is 1.65. The number of methoxy groups -OCH3 is 1. The average Bonchev–Trinajstić information content (AvgIpc) is 2.97. The van der Waals surface area contributed by atoms with Crippen LogP contribution in [0.15, 0.2) is 46.9 Å². The summed E-state index contributed by atoms with van der Waals surface area (Å²) in [7, 11) is 1.77. The van der Waals surface area contributed by atoms with Gasteiger partial charge in [-0.25, -0.2) is 0 Å². The van der Waals surface area contributed by atoms with Crippen molar-refractivity contribution in [2.45, 2.75) is 32.7 Å². The molecule has 1 aliphatic heterocycles. The fourth-order valence-electron chi connectivity index (χ4n) is 4.08. The third kappa shape index (κ3) is 3.16. The normalized spacial score (nSPS) is 15.6. The van der Waals surface area contributed by atoms with Crippen molar-refractivity contribution < 1.29 is 14.1 Å². The molecule has 1 aliphatic rings.